The first-order chi connectivity index (χ1) is 29.5. The molecule has 6 nitrogen and oxygen atoms in total. The maximum Gasteiger partial charge on any atom is 0.306 e. The summed E-state index contributed by atoms with van der Waals surface area (Å²) < 4.78 is 5.82. The number of allylic oxidation sites excluding steroid dienone is 15. The molecule has 0 rings (SSSR count). The van der Waals surface area contributed by atoms with Gasteiger partial charge in [-0.3, -0.25) is 9.59 Å². The minimum atomic E-state index is -0.824. The van der Waals surface area contributed by atoms with E-state index in [0.29, 0.717) is 19.3 Å². The number of aliphatic hydroxyl groups excluding tert-OH is 2. The van der Waals surface area contributed by atoms with Crippen LogP contribution in [-0.2, 0) is 14.3 Å². The van der Waals surface area contributed by atoms with Gasteiger partial charge in [-0.25, -0.2) is 0 Å². The van der Waals surface area contributed by atoms with E-state index in [4.69, 9.17) is 4.74 Å². The Bertz CT molecular complexity index is 1210. The standard InChI is InChI=1S/C54H91NO5/c1-4-7-10-13-16-19-22-24-26-27-29-32-35-38-41-44-47-54(59)60-50(45-42-39-36-33-30-21-18-15-12-9-6-3)48-53(58)55-51(49-56)52(57)46-43-40-37-34-31-28-25-23-20-17-14-11-8-5-2/h7,9-10,12,15-16,18-19,21,24,26,30,33,36,39,42,50-52,56-57H,4-6,8,11,13-14,17,20,22-23,25,27-29,31-32,34-35,37-38,40-41,43-49H2,1-3H3,(H,55,58)/b10-7+,12-9+,18-15+,19-16+,26-24+,30-21-,36-33-,42-39+. The SMILES string of the molecule is CC/C=C/C=C/C=C\C=C/C=C/CC(CC(=O)NC(CO)C(O)CCCCCCCCCCCCCCCC)OC(=O)CCCCCCCC/C=C/C/C=C/C/C=C/CC. The maximum atomic E-state index is 13.1. The second-order valence-electron chi connectivity index (χ2n) is 16.2. The van der Waals surface area contributed by atoms with E-state index in [9.17, 15) is 19.8 Å². The van der Waals surface area contributed by atoms with Crippen LogP contribution in [0.15, 0.2) is 97.2 Å². The van der Waals surface area contributed by atoms with Crippen molar-refractivity contribution in [3.8, 4) is 0 Å². The Morgan fingerprint density at radius 2 is 1.00 bits per heavy atom. The lowest BCUT2D eigenvalue weighted by atomic mass is 10.0. The van der Waals surface area contributed by atoms with Crippen molar-refractivity contribution in [3.63, 3.8) is 0 Å². The molecule has 60 heavy (non-hydrogen) atoms. The molecule has 0 saturated heterocycles. The van der Waals surface area contributed by atoms with Gasteiger partial charge in [-0.05, 0) is 51.4 Å². The molecule has 0 aromatic rings. The normalized spacial score (nSPS) is 14.2. The van der Waals surface area contributed by atoms with Crippen molar-refractivity contribution >= 4 is 11.9 Å². The zero-order chi connectivity index (χ0) is 43.8. The minimum Gasteiger partial charge on any atom is -0.461 e. The fourth-order valence-electron chi connectivity index (χ4n) is 6.88. The van der Waals surface area contributed by atoms with E-state index < -0.39 is 18.2 Å². The summed E-state index contributed by atoms with van der Waals surface area (Å²) in [5, 5.41) is 23.7. The molecule has 342 valence electrons. The number of nitrogens with one attached hydrogen (secondary N) is 1. The fraction of sp³-hybridized carbons (Fsp3) is 0.667. The van der Waals surface area contributed by atoms with E-state index in [1.807, 2.05) is 54.7 Å². The van der Waals surface area contributed by atoms with Crippen LogP contribution in [0.25, 0.3) is 0 Å². The maximum absolute atomic E-state index is 13.1. The van der Waals surface area contributed by atoms with Gasteiger partial charge in [0.2, 0.25) is 5.91 Å². The number of aliphatic hydroxyl groups is 2. The minimum absolute atomic E-state index is 0.0289. The Morgan fingerprint density at radius 1 is 0.533 bits per heavy atom. The summed E-state index contributed by atoms with van der Waals surface area (Å²) in [6.45, 7) is 6.17. The largest absolute Gasteiger partial charge is 0.461 e. The quantitative estimate of drug-likeness (QED) is 0.0246. The Kier molecular flexibility index (Phi) is 44.3. The second-order valence-corrected chi connectivity index (χ2v) is 16.2. The molecule has 0 aliphatic heterocycles. The third-order valence-electron chi connectivity index (χ3n) is 10.5. The molecule has 0 saturated carbocycles. The van der Waals surface area contributed by atoms with E-state index in [-0.39, 0.29) is 24.9 Å². The van der Waals surface area contributed by atoms with Gasteiger partial charge in [0, 0.05) is 12.8 Å². The molecule has 0 radical (unpaired) electrons. The molecule has 0 aliphatic carbocycles. The number of ether oxygens (including phenoxy) is 1. The number of rotatable bonds is 42. The predicted molar refractivity (Wildman–Crippen MR) is 259 cm³/mol. The zero-order valence-corrected chi connectivity index (χ0v) is 38.8. The molecular formula is C54H91NO5. The van der Waals surface area contributed by atoms with Crippen molar-refractivity contribution in [2.24, 2.45) is 0 Å². The summed E-state index contributed by atoms with van der Waals surface area (Å²) in [4.78, 5) is 26.0. The monoisotopic (exact) mass is 834 g/mol. The molecule has 3 atom stereocenters. The van der Waals surface area contributed by atoms with Gasteiger partial charge >= 0.3 is 5.97 Å². The van der Waals surface area contributed by atoms with Gasteiger partial charge in [0.25, 0.3) is 0 Å². The fourth-order valence-corrected chi connectivity index (χ4v) is 6.88. The topological polar surface area (TPSA) is 95.9 Å². The van der Waals surface area contributed by atoms with E-state index in [1.165, 1.54) is 83.5 Å². The molecule has 3 unspecified atom stereocenters. The first-order valence-electron chi connectivity index (χ1n) is 24.5. The van der Waals surface area contributed by atoms with Crippen molar-refractivity contribution in [1.29, 1.82) is 0 Å². The van der Waals surface area contributed by atoms with Gasteiger partial charge in [0.15, 0.2) is 0 Å². The predicted octanol–water partition coefficient (Wildman–Crippen LogP) is 14.6. The highest BCUT2D eigenvalue weighted by Gasteiger charge is 2.23. The lowest BCUT2D eigenvalue weighted by molar-refractivity contribution is -0.150. The summed E-state index contributed by atoms with van der Waals surface area (Å²) in [6.07, 6.45) is 62.0. The average molecular weight is 834 g/mol. The summed E-state index contributed by atoms with van der Waals surface area (Å²) in [7, 11) is 0. The van der Waals surface area contributed by atoms with Crippen molar-refractivity contribution in [2.45, 2.75) is 225 Å². The van der Waals surface area contributed by atoms with Gasteiger partial charge in [-0.2, -0.15) is 0 Å². The lowest BCUT2D eigenvalue weighted by Gasteiger charge is -2.24. The van der Waals surface area contributed by atoms with Crippen LogP contribution in [0.4, 0.5) is 0 Å². The number of amides is 1. The highest BCUT2D eigenvalue weighted by Crippen LogP contribution is 2.16. The van der Waals surface area contributed by atoms with Crippen molar-refractivity contribution < 1.29 is 24.5 Å². The van der Waals surface area contributed by atoms with Crippen LogP contribution >= 0.6 is 0 Å². The van der Waals surface area contributed by atoms with E-state index in [0.717, 1.165) is 77.0 Å². The third-order valence-corrected chi connectivity index (χ3v) is 10.5. The molecule has 0 aliphatic rings. The van der Waals surface area contributed by atoms with Crippen LogP contribution in [0.2, 0.25) is 0 Å². The molecule has 0 fully saturated rings. The molecule has 0 heterocycles. The molecule has 0 aromatic heterocycles. The van der Waals surface area contributed by atoms with E-state index >= 15 is 0 Å². The molecule has 3 N–H and O–H groups in total. The number of unbranched alkanes of at least 4 members (excludes halogenated alkanes) is 19. The summed E-state index contributed by atoms with van der Waals surface area (Å²) in [5.74, 6) is -0.630. The van der Waals surface area contributed by atoms with Gasteiger partial charge in [0.1, 0.15) is 6.10 Å². The Balaban J connectivity index is 4.68. The van der Waals surface area contributed by atoms with E-state index in [1.54, 1.807) is 0 Å². The van der Waals surface area contributed by atoms with Crippen LogP contribution in [0.3, 0.4) is 0 Å². The highest BCUT2D eigenvalue weighted by atomic mass is 16.5. The summed E-state index contributed by atoms with van der Waals surface area (Å²) >= 11 is 0. The smallest absolute Gasteiger partial charge is 0.306 e. The molecule has 0 bridgehead atoms. The number of carbonyl (C=O) groups is 2. The van der Waals surface area contributed by atoms with E-state index in [2.05, 4.69) is 68.6 Å². The van der Waals surface area contributed by atoms with Gasteiger partial charge in [-0.1, -0.05) is 234 Å². The van der Waals surface area contributed by atoms with Crippen LogP contribution in [0, 0.1) is 0 Å². The van der Waals surface area contributed by atoms with Crippen LogP contribution in [0.1, 0.15) is 207 Å². The summed E-state index contributed by atoms with van der Waals surface area (Å²) in [5.41, 5.74) is 0. The molecule has 6 heteroatoms. The lowest BCUT2D eigenvalue weighted by Crippen LogP contribution is -2.46. The number of hydrogen-bond acceptors (Lipinski definition) is 5. The second kappa shape index (κ2) is 46.8. The Morgan fingerprint density at radius 3 is 1.55 bits per heavy atom. The average Bonchev–Trinajstić information content (AvgIpc) is 3.24. The first kappa shape index (κ1) is 56.8. The van der Waals surface area contributed by atoms with Crippen molar-refractivity contribution in [2.75, 3.05) is 6.61 Å². The van der Waals surface area contributed by atoms with Gasteiger partial charge in [0.05, 0.1) is 25.2 Å². The van der Waals surface area contributed by atoms with Crippen LogP contribution < -0.4 is 5.32 Å². The molecule has 0 aromatic carbocycles. The number of esters is 1. The van der Waals surface area contributed by atoms with Crippen LogP contribution in [0.5, 0.6) is 0 Å². The number of hydrogen-bond donors (Lipinski definition) is 3. The van der Waals surface area contributed by atoms with Crippen molar-refractivity contribution in [1.82, 2.24) is 5.32 Å². The van der Waals surface area contributed by atoms with Crippen molar-refractivity contribution in [3.05, 3.63) is 97.2 Å². The zero-order valence-electron chi connectivity index (χ0n) is 38.8. The third kappa shape index (κ3) is 41.5. The first-order valence-corrected chi connectivity index (χ1v) is 24.5. The molecule has 1 amide bonds. The Hall–Kier alpha value is -3.22. The number of carbonyl (C=O) groups excluding carboxylic acids is 2. The Labute approximate surface area is 369 Å². The van der Waals surface area contributed by atoms with Gasteiger partial charge in [-0.15, -0.1) is 0 Å². The molecule has 0 spiro atoms. The molecular weight excluding hydrogens is 743 g/mol. The van der Waals surface area contributed by atoms with Crippen LogP contribution in [-0.4, -0.2) is 46.9 Å². The highest BCUT2D eigenvalue weighted by molar-refractivity contribution is 5.77. The van der Waals surface area contributed by atoms with Gasteiger partial charge < -0.3 is 20.3 Å². The summed E-state index contributed by atoms with van der Waals surface area (Å²) in [6, 6.07) is -0.747.